The summed E-state index contributed by atoms with van der Waals surface area (Å²) in [6.07, 6.45) is -0.568. The molecule has 0 aliphatic heterocycles. The third-order valence-electron chi connectivity index (χ3n) is 1.91. The summed E-state index contributed by atoms with van der Waals surface area (Å²) >= 11 is 4.83. The van der Waals surface area contributed by atoms with Crippen molar-refractivity contribution in [1.82, 2.24) is 0 Å². The largest absolute Gasteiger partial charge is 0.495 e. The van der Waals surface area contributed by atoms with Gasteiger partial charge in [-0.1, -0.05) is 12.2 Å². The molecular weight excluding hydrogens is 228 g/mol. The van der Waals surface area contributed by atoms with Crippen molar-refractivity contribution >= 4 is 29.0 Å². The van der Waals surface area contributed by atoms with Crippen LogP contribution in [-0.4, -0.2) is 25.3 Å². The minimum Gasteiger partial charge on any atom is -0.495 e. The molecule has 1 amide bonds. The van der Waals surface area contributed by atoms with Crippen molar-refractivity contribution in [1.29, 1.82) is 0 Å². The molecular formula is C10H12N2O3S. The van der Waals surface area contributed by atoms with Crippen LogP contribution in [-0.2, 0) is 4.74 Å². The minimum atomic E-state index is -0.568. The zero-order chi connectivity index (χ0) is 12.1. The number of nitrogens with two attached hydrogens (primary N) is 1. The van der Waals surface area contributed by atoms with Gasteiger partial charge in [-0.3, -0.25) is 5.32 Å². The van der Waals surface area contributed by atoms with Crippen LogP contribution in [0, 0.1) is 0 Å². The van der Waals surface area contributed by atoms with Gasteiger partial charge in [-0.2, -0.15) is 0 Å². The summed E-state index contributed by atoms with van der Waals surface area (Å²) in [6, 6.07) is 4.98. The summed E-state index contributed by atoms with van der Waals surface area (Å²) in [5.74, 6) is 0.468. The van der Waals surface area contributed by atoms with Crippen LogP contribution in [0.3, 0.4) is 0 Å². The van der Waals surface area contributed by atoms with E-state index in [9.17, 15) is 4.79 Å². The number of methoxy groups -OCH3 is 2. The zero-order valence-corrected chi connectivity index (χ0v) is 9.76. The first-order valence-electron chi connectivity index (χ1n) is 4.41. The van der Waals surface area contributed by atoms with Crippen LogP contribution in [0.15, 0.2) is 18.2 Å². The smallest absolute Gasteiger partial charge is 0.411 e. The molecule has 3 N–H and O–H groups in total. The van der Waals surface area contributed by atoms with Gasteiger partial charge in [-0.15, -0.1) is 0 Å². The molecule has 0 radical (unpaired) electrons. The number of hydrogen-bond acceptors (Lipinski definition) is 4. The molecule has 1 rings (SSSR count). The number of benzene rings is 1. The maximum absolute atomic E-state index is 11.0. The molecule has 0 fully saturated rings. The van der Waals surface area contributed by atoms with Crippen LogP contribution in [0.2, 0.25) is 0 Å². The Morgan fingerprint density at radius 3 is 2.62 bits per heavy atom. The summed E-state index contributed by atoms with van der Waals surface area (Å²) < 4.78 is 9.57. The highest BCUT2D eigenvalue weighted by atomic mass is 32.1. The van der Waals surface area contributed by atoms with E-state index >= 15 is 0 Å². The SMILES string of the molecule is COC(=O)Nc1ccc(C(N)=S)cc1OC. The molecule has 1 aromatic carbocycles. The molecule has 0 spiro atoms. The predicted octanol–water partition coefficient (Wildman–Crippen LogP) is 1.51. The van der Waals surface area contributed by atoms with E-state index in [4.69, 9.17) is 22.7 Å². The Labute approximate surface area is 98.5 Å². The lowest BCUT2D eigenvalue weighted by atomic mass is 10.2. The number of amides is 1. The molecule has 0 aromatic heterocycles. The van der Waals surface area contributed by atoms with Gasteiger partial charge in [-0.25, -0.2) is 4.79 Å². The standard InChI is InChI=1S/C10H12N2O3S/c1-14-8-5-6(9(11)16)3-4-7(8)12-10(13)15-2/h3-5H,1-2H3,(H2,11,16)(H,12,13). The molecule has 86 valence electrons. The lowest BCUT2D eigenvalue weighted by molar-refractivity contribution is 0.187. The second-order valence-electron chi connectivity index (χ2n) is 2.90. The molecule has 0 atom stereocenters. The fourth-order valence-corrected chi connectivity index (χ4v) is 1.24. The Kier molecular flexibility index (Phi) is 4.07. The summed E-state index contributed by atoms with van der Waals surface area (Å²) in [6.45, 7) is 0. The van der Waals surface area contributed by atoms with Crippen LogP contribution < -0.4 is 15.8 Å². The molecule has 0 unspecified atom stereocenters. The summed E-state index contributed by atoms with van der Waals surface area (Å²) in [5, 5.41) is 2.51. The van der Waals surface area contributed by atoms with Crippen LogP contribution >= 0.6 is 12.2 Å². The fourth-order valence-electron chi connectivity index (χ4n) is 1.11. The lowest BCUT2D eigenvalue weighted by Gasteiger charge is -2.10. The molecule has 1 aromatic rings. The summed E-state index contributed by atoms with van der Waals surface area (Å²) in [5.41, 5.74) is 6.64. The predicted molar refractivity (Wildman–Crippen MR) is 64.9 cm³/mol. The third-order valence-corrected chi connectivity index (χ3v) is 2.14. The molecule has 0 bridgehead atoms. The fraction of sp³-hybridized carbons (Fsp3) is 0.200. The van der Waals surface area contributed by atoms with Gasteiger partial charge in [0.05, 0.1) is 19.9 Å². The van der Waals surface area contributed by atoms with Crippen molar-refractivity contribution < 1.29 is 14.3 Å². The van der Waals surface area contributed by atoms with E-state index in [1.54, 1.807) is 18.2 Å². The Bertz CT molecular complexity index is 421. The second-order valence-corrected chi connectivity index (χ2v) is 3.34. The number of ether oxygens (including phenoxy) is 2. The van der Waals surface area contributed by atoms with E-state index in [1.807, 2.05) is 0 Å². The van der Waals surface area contributed by atoms with E-state index in [2.05, 4.69) is 10.1 Å². The number of carbonyl (C=O) groups is 1. The van der Waals surface area contributed by atoms with Crippen LogP contribution in [0.5, 0.6) is 5.75 Å². The number of carbonyl (C=O) groups excluding carboxylic acids is 1. The van der Waals surface area contributed by atoms with Crippen molar-refractivity contribution in [3.05, 3.63) is 23.8 Å². The molecule has 0 heterocycles. The Morgan fingerprint density at radius 2 is 2.12 bits per heavy atom. The van der Waals surface area contributed by atoms with Gasteiger partial charge < -0.3 is 15.2 Å². The van der Waals surface area contributed by atoms with Crippen molar-refractivity contribution in [2.45, 2.75) is 0 Å². The number of nitrogens with one attached hydrogen (secondary N) is 1. The van der Waals surface area contributed by atoms with E-state index in [0.717, 1.165) is 0 Å². The average Bonchev–Trinajstić information content (AvgIpc) is 2.29. The van der Waals surface area contributed by atoms with Crippen molar-refractivity contribution in [3.8, 4) is 5.75 Å². The van der Waals surface area contributed by atoms with Crippen LogP contribution in [0.1, 0.15) is 5.56 Å². The van der Waals surface area contributed by atoms with E-state index in [-0.39, 0.29) is 4.99 Å². The first kappa shape index (κ1) is 12.3. The number of anilines is 1. The average molecular weight is 240 g/mol. The van der Waals surface area contributed by atoms with Gasteiger partial charge in [0, 0.05) is 5.56 Å². The molecule has 6 heteroatoms. The van der Waals surface area contributed by atoms with Gasteiger partial charge in [-0.05, 0) is 18.2 Å². The highest BCUT2D eigenvalue weighted by Crippen LogP contribution is 2.25. The highest BCUT2D eigenvalue weighted by Gasteiger charge is 2.08. The quantitative estimate of drug-likeness (QED) is 0.783. The maximum Gasteiger partial charge on any atom is 0.411 e. The van der Waals surface area contributed by atoms with Crippen molar-refractivity contribution in [3.63, 3.8) is 0 Å². The van der Waals surface area contributed by atoms with E-state index < -0.39 is 6.09 Å². The molecule has 0 saturated heterocycles. The van der Waals surface area contributed by atoms with Crippen molar-refractivity contribution in [2.24, 2.45) is 5.73 Å². The normalized spacial score (nSPS) is 9.38. The van der Waals surface area contributed by atoms with E-state index in [0.29, 0.717) is 17.0 Å². The van der Waals surface area contributed by atoms with Gasteiger partial charge in [0.25, 0.3) is 0 Å². The summed E-state index contributed by atoms with van der Waals surface area (Å²) in [4.78, 5) is 11.3. The first-order chi connectivity index (χ1) is 7.58. The topological polar surface area (TPSA) is 73.6 Å². The van der Waals surface area contributed by atoms with Gasteiger partial charge in [0.2, 0.25) is 0 Å². The highest BCUT2D eigenvalue weighted by molar-refractivity contribution is 7.80. The Balaban J connectivity index is 3.02. The number of hydrogen-bond donors (Lipinski definition) is 2. The lowest BCUT2D eigenvalue weighted by Crippen LogP contribution is -2.13. The Morgan fingerprint density at radius 1 is 1.44 bits per heavy atom. The number of thiocarbonyl (C=S) groups is 1. The monoisotopic (exact) mass is 240 g/mol. The zero-order valence-electron chi connectivity index (χ0n) is 8.94. The molecule has 16 heavy (non-hydrogen) atoms. The summed E-state index contributed by atoms with van der Waals surface area (Å²) in [7, 11) is 2.77. The van der Waals surface area contributed by atoms with Crippen LogP contribution in [0.4, 0.5) is 10.5 Å². The minimum absolute atomic E-state index is 0.267. The Hall–Kier alpha value is -1.82. The molecule has 0 saturated carbocycles. The van der Waals surface area contributed by atoms with Gasteiger partial charge in [0.15, 0.2) is 0 Å². The third kappa shape index (κ3) is 2.83. The molecule has 5 nitrogen and oxygen atoms in total. The van der Waals surface area contributed by atoms with Gasteiger partial charge >= 0.3 is 6.09 Å². The van der Waals surface area contributed by atoms with Crippen molar-refractivity contribution in [2.75, 3.05) is 19.5 Å². The molecule has 0 aliphatic carbocycles. The van der Waals surface area contributed by atoms with Crippen LogP contribution in [0.25, 0.3) is 0 Å². The van der Waals surface area contributed by atoms with E-state index in [1.165, 1.54) is 14.2 Å². The number of rotatable bonds is 3. The molecule has 0 aliphatic rings. The maximum atomic E-state index is 11.0. The van der Waals surface area contributed by atoms with Gasteiger partial charge in [0.1, 0.15) is 10.7 Å². The second kappa shape index (κ2) is 5.32. The first-order valence-corrected chi connectivity index (χ1v) is 4.82.